The Kier molecular flexibility index (Phi) is 7.76. The SMILES string of the molecule is c1ccc(CCC(=NN=C(CCc2ccccc2)c2ccccc2)c2ccccc2)cc1. The van der Waals surface area contributed by atoms with Gasteiger partial charge < -0.3 is 0 Å². The van der Waals surface area contributed by atoms with E-state index in [2.05, 4.69) is 109 Å². The summed E-state index contributed by atoms with van der Waals surface area (Å²) in [5, 5.41) is 9.61. The van der Waals surface area contributed by atoms with Crippen molar-refractivity contribution in [2.75, 3.05) is 0 Å². The fraction of sp³-hybridized carbons (Fsp3) is 0.133. The second-order valence-electron chi connectivity index (χ2n) is 7.80. The Morgan fingerprint density at radius 2 is 0.719 bits per heavy atom. The Balaban J connectivity index is 1.61. The van der Waals surface area contributed by atoms with Gasteiger partial charge in [0.2, 0.25) is 0 Å². The lowest BCUT2D eigenvalue weighted by Crippen LogP contribution is -2.06. The van der Waals surface area contributed by atoms with E-state index in [1.54, 1.807) is 0 Å². The maximum absolute atomic E-state index is 4.80. The molecule has 0 bridgehead atoms. The molecule has 4 aromatic carbocycles. The molecular weight excluding hydrogens is 388 g/mol. The zero-order chi connectivity index (χ0) is 21.8. The van der Waals surface area contributed by atoms with Crippen LogP contribution < -0.4 is 0 Å². The number of nitrogens with zero attached hydrogens (tertiary/aromatic N) is 2. The first-order valence-corrected chi connectivity index (χ1v) is 11.2. The quantitative estimate of drug-likeness (QED) is 0.204. The smallest absolute Gasteiger partial charge is 0.0706 e. The molecule has 0 unspecified atom stereocenters. The van der Waals surface area contributed by atoms with Crippen molar-refractivity contribution in [1.82, 2.24) is 0 Å². The predicted octanol–water partition coefficient (Wildman–Crippen LogP) is 7.15. The average Bonchev–Trinajstić information content (AvgIpc) is 2.88. The number of benzene rings is 4. The molecule has 0 aliphatic heterocycles. The van der Waals surface area contributed by atoms with Gasteiger partial charge in [-0.3, -0.25) is 0 Å². The van der Waals surface area contributed by atoms with E-state index in [0.29, 0.717) is 0 Å². The lowest BCUT2D eigenvalue weighted by Gasteiger charge is -2.08. The van der Waals surface area contributed by atoms with Crippen LogP contribution in [0.1, 0.15) is 35.1 Å². The summed E-state index contributed by atoms with van der Waals surface area (Å²) in [5.41, 5.74) is 6.91. The van der Waals surface area contributed by atoms with Crippen molar-refractivity contribution in [3.8, 4) is 0 Å². The Morgan fingerprint density at radius 3 is 1.06 bits per heavy atom. The molecule has 4 aromatic rings. The van der Waals surface area contributed by atoms with Gasteiger partial charge in [0.15, 0.2) is 0 Å². The van der Waals surface area contributed by atoms with Crippen molar-refractivity contribution in [3.63, 3.8) is 0 Å². The van der Waals surface area contributed by atoms with Gasteiger partial charge in [0.05, 0.1) is 11.4 Å². The highest BCUT2D eigenvalue weighted by Gasteiger charge is 2.07. The van der Waals surface area contributed by atoms with Gasteiger partial charge in [-0.25, -0.2) is 0 Å². The molecule has 0 atom stereocenters. The zero-order valence-corrected chi connectivity index (χ0v) is 18.3. The summed E-state index contributed by atoms with van der Waals surface area (Å²) in [7, 11) is 0. The molecule has 158 valence electrons. The summed E-state index contributed by atoms with van der Waals surface area (Å²) in [6.45, 7) is 0. The summed E-state index contributed by atoms with van der Waals surface area (Å²) >= 11 is 0. The topological polar surface area (TPSA) is 24.7 Å². The molecule has 0 fully saturated rings. The van der Waals surface area contributed by atoms with E-state index in [4.69, 9.17) is 10.2 Å². The fourth-order valence-electron chi connectivity index (χ4n) is 3.70. The van der Waals surface area contributed by atoms with E-state index >= 15 is 0 Å². The lowest BCUT2D eigenvalue weighted by molar-refractivity contribution is 1.00. The van der Waals surface area contributed by atoms with Crippen LogP contribution in [0.5, 0.6) is 0 Å². The fourth-order valence-corrected chi connectivity index (χ4v) is 3.70. The summed E-state index contributed by atoms with van der Waals surface area (Å²) in [6, 6.07) is 41.9. The summed E-state index contributed by atoms with van der Waals surface area (Å²) in [4.78, 5) is 0. The van der Waals surface area contributed by atoms with Gasteiger partial charge in [-0.2, -0.15) is 10.2 Å². The first-order chi connectivity index (χ1) is 15.9. The molecule has 2 heteroatoms. The van der Waals surface area contributed by atoms with Gasteiger partial charge in [-0.1, -0.05) is 121 Å². The van der Waals surface area contributed by atoms with Crippen LogP contribution in [0.25, 0.3) is 0 Å². The average molecular weight is 417 g/mol. The summed E-state index contributed by atoms with van der Waals surface area (Å²) in [6.07, 6.45) is 3.57. The number of hydrogen-bond donors (Lipinski definition) is 0. The number of rotatable bonds is 9. The molecule has 0 saturated carbocycles. The van der Waals surface area contributed by atoms with Crippen molar-refractivity contribution in [3.05, 3.63) is 144 Å². The Hall–Kier alpha value is -3.78. The van der Waals surface area contributed by atoms with Crippen LogP contribution in [-0.2, 0) is 12.8 Å². The normalized spacial score (nSPS) is 12.0. The van der Waals surface area contributed by atoms with Crippen LogP contribution in [-0.4, -0.2) is 11.4 Å². The second-order valence-corrected chi connectivity index (χ2v) is 7.80. The van der Waals surface area contributed by atoms with Crippen LogP contribution in [0.4, 0.5) is 0 Å². The van der Waals surface area contributed by atoms with E-state index in [9.17, 15) is 0 Å². The molecule has 0 saturated heterocycles. The van der Waals surface area contributed by atoms with Crippen LogP contribution >= 0.6 is 0 Å². The van der Waals surface area contributed by atoms with Crippen molar-refractivity contribution in [2.45, 2.75) is 25.7 Å². The maximum Gasteiger partial charge on any atom is 0.0706 e. The Labute approximate surface area is 191 Å². The molecular formula is C30H28N2. The first kappa shape index (κ1) is 21.5. The minimum absolute atomic E-state index is 0.846. The zero-order valence-electron chi connectivity index (χ0n) is 18.3. The van der Waals surface area contributed by atoms with Crippen LogP contribution in [0, 0.1) is 0 Å². The van der Waals surface area contributed by atoms with Gasteiger partial charge in [0, 0.05) is 0 Å². The van der Waals surface area contributed by atoms with Crippen LogP contribution in [0.2, 0.25) is 0 Å². The van der Waals surface area contributed by atoms with Gasteiger partial charge in [0.25, 0.3) is 0 Å². The summed E-state index contributed by atoms with van der Waals surface area (Å²) in [5.74, 6) is 0. The second kappa shape index (κ2) is 11.6. The third-order valence-corrected chi connectivity index (χ3v) is 5.49. The van der Waals surface area contributed by atoms with Crippen molar-refractivity contribution in [1.29, 1.82) is 0 Å². The summed E-state index contributed by atoms with van der Waals surface area (Å²) < 4.78 is 0. The highest BCUT2D eigenvalue weighted by molar-refractivity contribution is 6.03. The first-order valence-electron chi connectivity index (χ1n) is 11.2. The van der Waals surface area contributed by atoms with E-state index in [0.717, 1.165) is 48.2 Å². The van der Waals surface area contributed by atoms with Gasteiger partial charge in [0.1, 0.15) is 0 Å². The maximum atomic E-state index is 4.80. The van der Waals surface area contributed by atoms with Crippen LogP contribution in [0.3, 0.4) is 0 Å². The largest absolute Gasteiger partial charge is 0.155 e. The molecule has 0 spiro atoms. The molecule has 32 heavy (non-hydrogen) atoms. The molecule has 0 N–H and O–H groups in total. The minimum atomic E-state index is 0.846. The Bertz CT molecular complexity index is 1040. The van der Waals surface area contributed by atoms with Crippen molar-refractivity contribution >= 4 is 11.4 Å². The number of hydrogen-bond acceptors (Lipinski definition) is 2. The number of aryl methyl sites for hydroxylation is 2. The molecule has 0 aromatic heterocycles. The molecule has 0 heterocycles. The van der Waals surface area contributed by atoms with E-state index in [-0.39, 0.29) is 0 Å². The molecule has 0 aliphatic carbocycles. The standard InChI is InChI=1S/C30H28N2/c1-5-13-25(14-6-1)21-23-29(27-17-9-3-10-18-27)31-32-30(28-19-11-4-12-20-28)24-22-26-15-7-2-8-16-26/h1-20H,21-24H2. The van der Waals surface area contributed by atoms with Gasteiger partial charge in [-0.15, -0.1) is 0 Å². The molecule has 4 rings (SSSR count). The molecule has 0 amide bonds. The van der Waals surface area contributed by atoms with E-state index in [1.165, 1.54) is 11.1 Å². The molecule has 0 radical (unpaired) electrons. The van der Waals surface area contributed by atoms with E-state index in [1.807, 2.05) is 12.1 Å². The Morgan fingerprint density at radius 1 is 0.406 bits per heavy atom. The van der Waals surface area contributed by atoms with Gasteiger partial charge >= 0.3 is 0 Å². The minimum Gasteiger partial charge on any atom is -0.155 e. The van der Waals surface area contributed by atoms with E-state index < -0.39 is 0 Å². The highest BCUT2D eigenvalue weighted by atomic mass is 15.2. The third-order valence-electron chi connectivity index (χ3n) is 5.49. The highest BCUT2D eigenvalue weighted by Crippen LogP contribution is 2.13. The monoisotopic (exact) mass is 416 g/mol. The van der Waals surface area contributed by atoms with Gasteiger partial charge in [-0.05, 0) is 47.9 Å². The lowest BCUT2D eigenvalue weighted by atomic mass is 10.0. The van der Waals surface area contributed by atoms with Crippen molar-refractivity contribution in [2.24, 2.45) is 10.2 Å². The van der Waals surface area contributed by atoms with Crippen molar-refractivity contribution < 1.29 is 0 Å². The third kappa shape index (κ3) is 6.36. The molecule has 0 aliphatic rings. The predicted molar refractivity (Wildman–Crippen MR) is 135 cm³/mol. The molecule has 2 nitrogen and oxygen atoms in total. The van der Waals surface area contributed by atoms with Crippen LogP contribution in [0.15, 0.2) is 132 Å².